The molecule has 0 atom stereocenters. The quantitative estimate of drug-likeness (QED) is 0.876. The normalized spacial score (nSPS) is 10.1. The van der Waals surface area contributed by atoms with Crippen molar-refractivity contribution in [2.75, 3.05) is 4.90 Å². The fourth-order valence-corrected chi connectivity index (χ4v) is 1.74. The van der Waals surface area contributed by atoms with Gasteiger partial charge >= 0.3 is 0 Å². The number of carbonyl (C=O) groups is 1. The highest BCUT2D eigenvalue weighted by molar-refractivity contribution is 9.10. The fourth-order valence-electron chi connectivity index (χ4n) is 1.53. The van der Waals surface area contributed by atoms with Gasteiger partial charge in [0.25, 0.3) is 0 Å². The number of amides is 1. The van der Waals surface area contributed by atoms with E-state index in [1.165, 1.54) is 6.92 Å². The number of hydrogen-bond acceptors (Lipinski definition) is 3. The van der Waals surface area contributed by atoms with Crippen molar-refractivity contribution < 1.29 is 4.79 Å². The molecule has 0 saturated carbocycles. The Labute approximate surface area is 114 Å². The second-order valence-electron chi connectivity index (χ2n) is 3.79. The summed E-state index contributed by atoms with van der Waals surface area (Å²) in [5.74, 6) is 0.329. The summed E-state index contributed by atoms with van der Waals surface area (Å²) in [5, 5.41) is 0. The number of nitrogens with zero attached hydrogens (tertiary/aromatic N) is 3. The van der Waals surface area contributed by atoms with Crippen LogP contribution in [0.4, 0.5) is 5.95 Å². The Balaban J connectivity index is 2.24. The highest BCUT2D eigenvalue weighted by Crippen LogP contribution is 2.14. The van der Waals surface area contributed by atoms with Crippen molar-refractivity contribution in [2.45, 2.75) is 13.5 Å². The lowest BCUT2D eigenvalue weighted by molar-refractivity contribution is -0.116. The molecule has 2 aromatic rings. The Morgan fingerprint density at radius 2 is 1.83 bits per heavy atom. The number of benzene rings is 1. The molecule has 0 spiro atoms. The number of rotatable bonds is 3. The SMILES string of the molecule is CC(=O)N(Cc1ccccc1)c1ncc(Br)cn1. The summed E-state index contributed by atoms with van der Waals surface area (Å²) in [4.78, 5) is 21.5. The lowest BCUT2D eigenvalue weighted by atomic mass is 10.2. The summed E-state index contributed by atoms with van der Waals surface area (Å²) in [7, 11) is 0. The Morgan fingerprint density at radius 1 is 1.22 bits per heavy atom. The molecule has 0 N–H and O–H groups in total. The molecule has 0 aliphatic heterocycles. The predicted octanol–water partition coefficient (Wildman–Crippen LogP) is 2.79. The Kier molecular flexibility index (Phi) is 4.04. The van der Waals surface area contributed by atoms with Gasteiger partial charge in [0, 0.05) is 19.3 Å². The van der Waals surface area contributed by atoms with E-state index in [2.05, 4.69) is 25.9 Å². The lowest BCUT2D eigenvalue weighted by Gasteiger charge is -2.18. The minimum Gasteiger partial charge on any atom is -0.276 e. The number of aromatic nitrogens is 2. The van der Waals surface area contributed by atoms with Crippen molar-refractivity contribution >= 4 is 27.8 Å². The molecular formula is C13H12BrN3O. The maximum Gasteiger partial charge on any atom is 0.232 e. The molecule has 18 heavy (non-hydrogen) atoms. The molecule has 1 aromatic heterocycles. The highest BCUT2D eigenvalue weighted by Gasteiger charge is 2.14. The van der Waals surface area contributed by atoms with Gasteiger partial charge in [-0.3, -0.25) is 9.69 Å². The minimum absolute atomic E-state index is 0.0822. The highest BCUT2D eigenvalue weighted by atomic mass is 79.9. The molecule has 0 fully saturated rings. The predicted molar refractivity (Wildman–Crippen MR) is 73.0 cm³/mol. The van der Waals surface area contributed by atoms with Gasteiger partial charge < -0.3 is 0 Å². The van der Waals surface area contributed by atoms with Crippen LogP contribution in [0.5, 0.6) is 0 Å². The molecule has 1 aromatic carbocycles. The van der Waals surface area contributed by atoms with Crippen LogP contribution in [-0.4, -0.2) is 15.9 Å². The van der Waals surface area contributed by atoms with E-state index < -0.39 is 0 Å². The molecule has 2 rings (SSSR count). The van der Waals surface area contributed by atoms with Gasteiger partial charge in [0.2, 0.25) is 11.9 Å². The molecule has 0 radical (unpaired) electrons. The molecule has 92 valence electrons. The zero-order chi connectivity index (χ0) is 13.0. The van der Waals surface area contributed by atoms with Gasteiger partial charge in [0.15, 0.2) is 0 Å². The fraction of sp³-hybridized carbons (Fsp3) is 0.154. The van der Waals surface area contributed by atoms with Crippen molar-refractivity contribution in [3.63, 3.8) is 0 Å². The van der Waals surface area contributed by atoms with Gasteiger partial charge in [-0.1, -0.05) is 30.3 Å². The lowest BCUT2D eigenvalue weighted by Crippen LogP contribution is -2.29. The van der Waals surface area contributed by atoms with Crippen LogP contribution in [0.3, 0.4) is 0 Å². The van der Waals surface area contributed by atoms with Gasteiger partial charge in [-0.2, -0.15) is 0 Å². The average molecular weight is 306 g/mol. The molecule has 0 saturated heterocycles. The number of anilines is 1. The summed E-state index contributed by atoms with van der Waals surface area (Å²) in [6.07, 6.45) is 3.26. The minimum atomic E-state index is -0.0822. The number of hydrogen-bond donors (Lipinski definition) is 0. The van der Waals surface area contributed by atoms with E-state index in [1.807, 2.05) is 30.3 Å². The van der Waals surface area contributed by atoms with Crippen LogP contribution in [0.1, 0.15) is 12.5 Å². The van der Waals surface area contributed by atoms with E-state index in [0.717, 1.165) is 10.0 Å². The Morgan fingerprint density at radius 3 is 2.39 bits per heavy atom. The van der Waals surface area contributed by atoms with Crippen LogP contribution in [0, 0.1) is 0 Å². The van der Waals surface area contributed by atoms with Gasteiger partial charge in [0.05, 0.1) is 11.0 Å². The van der Waals surface area contributed by atoms with E-state index in [1.54, 1.807) is 17.3 Å². The summed E-state index contributed by atoms with van der Waals surface area (Å²) < 4.78 is 0.787. The van der Waals surface area contributed by atoms with Crippen LogP contribution >= 0.6 is 15.9 Å². The van der Waals surface area contributed by atoms with Crippen LogP contribution in [0.25, 0.3) is 0 Å². The summed E-state index contributed by atoms with van der Waals surface area (Å²) in [6, 6.07) is 9.76. The number of carbonyl (C=O) groups excluding carboxylic acids is 1. The Bertz CT molecular complexity index is 528. The third kappa shape index (κ3) is 3.13. The first-order chi connectivity index (χ1) is 8.66. The first kappa shape index (κ1) is 12.7. The van der Waals surface area contributed by atoms with Crippen molar-refractivity contribution in [3.05, 3.63) is 52.8 Å². The van der Waals surface area contributed by atoms with Crippen LogP contribution in [0.2, 0.25) is 0 Å². The van der Waals surface area contributed by atoms with Gasteiger partial charge in [-0.15, -0.1) is 0 Å². The third-order valence-corrected chi connectivity index (χ3v) is 2.82. The third-order valence-electron chi connectivity index (χ3n) is 2.41. The summed E-state index contributed by atoms with van der Waals surface area (Å²) in [6.45, 7) is 1.98. The molecule has 0 unspecified atom stereocenters. The number of halogens is 1. The van der Waals surface area contributed by atoms with E-state index in [9.17, 15) is 4.79 Å². The maximum atomic E-state index is 11.7. The average Bonchev–Trinajstić information content (AvgIpc) is 2.38. The zero-order valence-electron chi connectivity index (χ0n) is 9.88. The summed E-state index contributed by atoms with van der Waals surface area (Å²) in [5.41, 5.74) is 1.04. The van der Waals surface area contributed by atoms with Crippen LogP contribution in [0.15, 0.2) is 47.2 Å². The molecular weight excluding hydrogens is 294 g/mol. The van der Waals surface area contributed by atoms with Gasteiger partial charge in [-0.25, -0.2) is 9.97 Å². The second-order valence-corrected chi connectivity index (χ2v) is 4.71. The van der Waals surface area contributed by atoms with Crippen LogP contribution in [-0.2, 0) is 11.3 Å². The van der Waals surface area contributed by atoms with Crippen molar-refractivity contribution in [1.82, 2.24) is 9.97 Å². The molecule has 0 aliphatic rings. The standard InChI is InChI=1S/C13H12BrN3O/c1-10(18)17(9-11-5-3-2-4-6-11)13-15-7-12(14)8-16-13/h2-8H,9H2,1H3. The molecule has 1 amide bonds. The first-order valence-corrected chi connectivity index (χ1v) is 6.25. The Hall–Kier alpha value is -1.75. The second kappa shape index (κ2) is 5.73. The van der Waals surface area contributed by atoms with Crippen LogP contribution < -0.4 is 4.90 Å². The van der Waals surface area contributed by atoms with Crippen molar-refractivity contribution in [1.29, 1.82) is 0 Å². The van der Waals surface area contributed by atoms with Crippen molar-refractivity contribution in [3.8, 4) is 0 Å². The van der Waals surface area contributed by atoms with Gasteiger partial charge in [0.1, 0.15) is 0 Å². The molecule has 1 heterocycles. The molecule has 0 bridgehead atoms. The zero-order valence-corrected chi connectivity index (χ0v) is 11.5. The smallest absolute Gasteiger partial charge is 0.232 e. The summed E-state index contributed by atoms with van der Waals surface area (Å²) >= 11 is 3.27. The molecule has 4 nitrogen and oxygen atoms in total. The monoisotopic (exact) mass is 305 g/mol. The largest absolute Gasteiger partial charge is 0.276 e. The van der Waals surface area contributed by atoms with E-state index >= 15 is 0 Å². The van der Waals surface area contributed by atoms with E-state index in [0.29, 0.717) is 12.5 Å². The van der Waals surface area contributed by atoms with E-state index in [4.69, 9.17) is 0 Å². The maximum absolute atomic E-state index is 11.7. The first-order valence-electron chi connectivity index (χ1n) is 5.46. The molecule has 5 heteroatoms. The topological polar surface area (TPSA) is 46.1 Å². The van der Waals surface area contributed by atoms with E-state index in [-0.39, 0.29) is 5.91 Å². The molecule has 0 aliphatic carbocycles. The van der Waals surface area contributed by atoms with Gasteiger partial charge in [-0.05, 0) is 21.5 Å². The van der Waals surface area contributed by atoms with Crippen molar-refractivity contribution in [2.24, 2.45) is 0 Å².